The minimum absolute atomic E-state index is 0.663. The number of pyridine rings is 1. The summed E-state index contributed by atoms with van der Waals surface area (Å²) in [6, 6.07) is 33.0. The third-order valence-corrected chi connectivity index (χ3v) is 5.60. The van der Waals surface area contributed by atoms with Crippen LogP contribution < -0.4 is 0 Å². The van der Waals surface area contributed by atoms with Gasteiger partial charge in [0.1, 0.15) is 0 Å². The van der Waals surface area contributed by atoms with Gasteiger partial charge >= 0.3 is 0 Å². The Bertz CT molecular complexity index is 1300. The van der Waals surface area contributed by atoms with E-state index in [1.165, 1.54) is 11.1 Å². The average molecular weight is 464 g/mol. The molecular formula is C27H18BrN3. The van der Waals surface area contributed by atoms with Crippen LogP contribution in [0.2, 0.25) is 0 Å². The average Bonchev–Trinajstić information content (AvgIpc) is 2.85. The first kappa shape index (κ1) is 19.3. The summed E-state index contributed by atoms with van der Waals surface area (Å²) in [6.07, 6.45) is 3.55. The van der Waals surface area contributed by atoms with Crippen molar-refractivity contribution < 1.29 is 0 Å². The van der Waals surface area contributed by atoms with Crippen LogP contribution in [-0.4, -0.2) is 15.0 Å². The fraction of sp³-hybridized carbons (Fsp3) is 0. The number of hydrogen-bond acceptors (Lipinski definition) is 3. The fourth-order valence-electron chi connectivity index (χ4n) is 3.45. The van der Waals surface area contributed by atoms with E-state index in [1.54, 1.807) is 12.4 Å². The highest BCUT2D eigenvalue weighted by Gasteiger charge is 2.11. The second kappa shape index (κ2) is 8.62. The van der Waals surface area contributed by atoms with Crippen molar-refractivity contribution in [1.82, 2.24) is 15.0 Å². The van der Waals surface area contributed by atoms with Crippen LogP contribution in [0.1, 0.15) is 0 Å². The van der Waals surface area contributed by atoms with E-state index in [0.29, 0.717) is 5.82 Å². The number of rotatable bonds is 4. The smallest absolute Gasteiger partial charge is 0.161 e. The number of aromatic nitrogens is 3. The summed E-state index contributed by atoms with van der Waals surface area (Å²) in [5.74, 6) is 0.663. The molecule has 5 aromatic rings. The molecule has 0 fully saturated rings. The lowest BCUT2D eigenvalue weighted by molar-refractivity contribution is 1.17. The molecule has 31 heavy (non-hydrogen) atoms. The largest absolute Gasteiger partial charge is 0.264 e. The number of hydrogen-bond donors (Lipinski definition) is 0. The van der Waals surface area contributed by atoms with E-state index in [0.717, 1.165) is 32.6 Å². The molecule has 0 amide bonds. The third-order valence-electron chi connectivity index (χ3n) is 5.07. The summed E-state index contributed by atoms with van der Waals surface area (Å²) >= 11 is 3.51. The number of benzene rings is 3. The van der Waals surface area contributed by atoms with Gasteiger partial charge < -0.3 is 0 Å². The Morgan fingerprint density at radius 3 is 1.68 bits per heavy atom. The second-order valence-corrected chi connectivity index (χ2v) is 8.07. The summed E-state index contributed by atoms with van der Waals surface area (Å²) < 4.78 is 1.04. The van der Waals surface area contributed by atoms with E-state index < -0.39 is 0 Å². The molecule has 0 atom stereocenters. The van der Waals surface area contributed by atoms with E-state index in [2.05, 4.69) is 81.6 Å². The summed E-state index contributed by atoms with van der Waals surface area (Å²) in [6.45, 7) is 0. The molecule has 3 aromatic carbocycles. The highest BCUT2D eigenvalue weighted by molar-refractivity contribution is 9.10. The van der Waals surface area contributed by atoms with Crippen LogP contribution in [0.25, 0.3) is 45.0 Å². The predicted molar refractivity (Wildman–Crippen MR) is 129 cm³/mol. The predicted octanol–water partition coefficient (Wildman–Crippen LogP) is 7.30. The van der Waals surface area contributed by atoms with Gasteiger partial charge in [0.05, 0.1) is 11.4 Å². The van der Waals surface area contributed by atoms with Crippen LogP contribution in [0, 0.1) is 0 Å². The van der Waals surface area contributed by atoms with E-state index in [-0.39, 0.29) is 0 Å². The van der Waals surface area contributed by atoms with Crippen molar-refractivity contribution in [2.45, 2.75) is 0 Å². The van der Waals surface area contributed by atoms with Crippen molar-refractivity contribution in [2.75, 3.05) is 0 Å². The summed E-state index contributed by atoms with van der Waals surface area (Å²) in [7, 11) is 0. The molecule has 0 aliphatic heterocycles. The standard InChI is InChI=1S/C27H18BrN3/c28-24-14-12-22(13-15-24)26-17-25(30-27(31-26)23-7-4-16-29-18-23)21-10-8-20(9-11-21)19-5-2-1-3-6-19/h1-18H. The van der Waals surface area contributed by atoms with E-state index >= 15 is 0 Å². The normalized spacial score (nSPS) is 10.7. The Balaban J connectivity index is 1.60. The minimum atomic E-state index is 0.663. The molecule has 5 rings (SSSR count). The molecule has 0 radical (unpaired) electrons. The van der Waals surface area contributed by atoms with Gasteiger partial charge in [-0.25, -0.2) is 9.97 Å². The zero-order valence-electron chi connectivity index (χ0n) is 16.6. The minimum Gasteiger partial charge on any atom is -0.264 e. The van der Waals surface area contributed by atoms with Crippen LogP contribution in [0.3, 0.4) is 0 Å². The molecule has 0 aliphatic rings. The highest BCUT2D eigenvalue weighted by atomic mass is 79.9. The van der Waals surface area contributed by atoms with Crippen LogP contribution >= 0.6 is 15.9 Å². The highest BCUT2D eigenvalue weighted by Crippen LogP contribution is 2.29. The topological polar surface area (TPSA) is 38.7 Å². The van der Waals surface area contributed by atoms with E-state index in [9.17, 15) is 0 Å². The molecule has 0 saturated heterocycles. The molecule has 3 nitrogen and oxygen atoms in total. The van der Waals surface area contributed by atoms with Crippen molar-refractivity contribution in [3.8, 4) is 45.0 Å². The monoisotopic (exact) mass is 463 g/mol. The zero-order valence-corrected chi connectivity index (χ0v) is 18.2. The molecular weight excluding hydrogens is 446 g/mol. The number of halogens is 1. The Morgan fingerprint density at radius 1 is 0.516 bits per heavy atom. The SMILES string of the molecule is Brc1ccc(-c2cc(-c3ccc(-c4ccccc4)cc3)nc(-c3cccnc3)n2)cc1. The zero-order chi connectivity index (χ0) is 21.0. The van der Waals surface area contributed by atoms with Gasteiger partial charge in [0.2, 0.25) is 0 Å². The molecule has 0 spiro atoms. The van der Waals surface area contributed by atoms with Crippen molar-refractivity contribution in [3.63, 3.8) is 0 Å². The van der Waals surface area contributed by atoms with Gasteiger partial charge in [0.25, 0.3) is 0 Å². The Kier molecular flexibility index (Phi) is 5.38. The first-order valence-electron chi connectivity index (χ1n) is 9.97. The first-order valence-corrected chi connectivity index (χ1v) is 10.8. The summed E-state index contributed by atoms with van der Waals surface area (Å²) in [5, 5.41) is 0. The van der Waals surface area contributed by atoms with Crippen LogP contribution in [-0.2, 0) is 0 Å². The van der Waals surface area contributed by atoms with Gasteiger partial charge in [-0.1, -0.05) is 82.7 Å². The lowest BCUT2D eigenvalue weighted by Crippen LogP contribution is -1.96. The van der Waals surface area contributed by atoms with Crippen molar-refractivity contribution in [3.05, 3.63) is 114 Å². The molecule has 0 unspecified atom stereocenters. The van der Waals surface area contributed by atoms with Crippen molar-refractivity contribution >= 4 is 15.9 Å². The Morgan fingerprint density at radius 2 is 1.06 bits per heavy atom. The van der Waals surface area contributed by atoms with Crippen molar-refractivity contribution in [2.24, 2.45) is 0 Å². The molecule has 4 heteroatoms. The second-order valence-electron chi connectivity index (χ2n) is 7.15. The Hall–Kier alpha value is -3.63. The van der Waals surface area contributed by atoms with Crippen LogP contribution in [0.4, 0.5) is 0 Å². The Labute approximate surface area is 189 Å². The van der Waals surface area contributed by atoms with E-state index in [4.69, 9.17) is 9.97 Å². The van der Waals surface area contributed by atoms with Crippen LogP contribution in [0.5, 0.6) is 0 Å². The van der Waals surface area contributed by atoms with Gasteiger partial charge in [-0.2, -0.15) is 0 Å². The molecule has 0 N–H and O–H groups in total. The lowest BCUT2D eigenvalue weighted by atomic mass is 10.0. The maximum atomic E-state index is 4.86. The van der Waals surface area contributed by atoms with Gasteiger partial charge in [-0.05, 0) is 41.5 Å². The van der Waals surface area contributed by atoms with Gasteiger partial charge in [-0.3, -0.25) is 4.98 Å². The summed E-state index contributed by atoms with van der Waals surface area (Å²) in [5.41, 5.74) is 7.12. The van der Waals surface area contributed by atoms with Gasteiger partial charge in [0, 0.05) is 33.6 Å². The quantitative estimate of drug-likeness (QED) is 0.280. The molecule has 2 aromatic heterocycles. The fourth-order valence-corrected chi connectivity index (χ4v) is 3.72. The number of nitrogens with zero attached hydrogens (tertiary/aromatic N) is 3. The molecule has 0 saturated carbocycles. The molecule has 0 bridgehead atoms. The molecule has 148 valence electrons. The van der Waals surface area contributed by atoms with Crippen LogP contribution in [0.15, 0.2) is 114 Å². The molecule has 2 heterocycles. The first-order chi connectivity index (χ1) is 15.3. The van der Waals surface area contributed by atoms with Gasteiger partial charge in [-0.15, -0.1) is 0 Å². The maximum Gasteiger partial charge on any atom is 0.161 e. The van der Waals surface area contributed by atoms with Crippen molar-refractivity contribution in [1.29, 1.82) is 0 Å². The van der Waals surface area contributed by atoms with E-state index in [1.807, 2.05) is 36.4 Å². The molecule has 0 aliphatic carbocycles. The lowest BCUT2D eigenvalue weighted by Gasteiger charge is -2.10. The maximum absolute atomic E-state index is 4.86. The van der Waals surface area contributed by atoms with Gasteiger partial charge in [0.15, 0.2) is 5.82 Å². The summed E-state index contributed by atoms with van der Waals surface area (Å²) in [4.78, 5) is 13.9. The third kappa shape index (κ3) is 4.30.